The molecule has 6 nitrogen and oxygen atoms in total. The van der Waals surface area contributed by atoms with Crippen molar-refractivity contribution < 1.29 is 0 Å². The van der Waals surface area contributed by atoms with E-state index in [2.05, 4.69) is 30.5 Å². The third-order valence-corrected chi connectivity index (χ3v) is 3.22. The summed E-state index contributed by atoms with van der Waals surface area (Å²) in [5.74, 6) is 0.589. The molecule has 0 radical (unpaired) electrons. The van der Waals surface area contributed by atoms with Crippen LogP contribution in [0, 0.1) is 0 Å². The van der Waals surface area contributed by atoms with E-state index in [9.17, 15) is 0 Å². The lowest BCUT2D eigenvalue weighted by molar-refractivity contribution is 1.20. The van der Waals surface area contributed by atoms with Crippen molar-refractivity contribution in [1.82, 2.24) is 19.9 Å². The molecule has 22 heavy (non-hydrogen) atoms. The van der Waals surface area contributed by atoms with E-state index < -0.39 is 0 Å². The van der Waals surface area contributed by atoms with Crippen LogP contribution in [0.1, 0.15) is 5.69 Å². The molecule has 0 bridgehead atoms. The number of fused-ring (bicyclic) bond motifs is 2. The molecular weight excluding hydrogens is 276 g/mol. The first-order valence-corrected chi connectivity index (χ1v) is 6.84. The topological polar surface area (TPSA) is 78.9 Å². The zero-order chi connectivity index (χ0) is 14.8. The zero-order valence-corrected chi connectivity index (χ0v) is 11.6. The van der Waals surface area contributed by atoms with Gasteiger partial charge in [-0.15, -0.1) is 0 Å². The summed E-state index contributed by atoms with van der Waals surface area (Å²) < 4.78 is 0. The molecule has 0 fully saturated rings. The van der Waals surface area contributed by atoms with Crippen molar-refractivity contribution in [2.75, 3.05) is 5.43 Å². The number of nitrogens with one attached hydrogen (secondary N) is 2. The summed E-state index contributed by atoms with van der Waals surface area (Å²) in [4.78, 5) is 16.3. The second-order valence-electron chi connectivity index (χ2n) is 4.76. The molecule has 0 saturated carbocycles. The van der Waals surface area contributed by atoms with Crippen molar-refractivity contribution in [3.05, 3.63) is 60.4 Å². The van der Waals surface area contributed by atoms with E-state index in [0.717, 1.165) is 22.1 Å². The number of aromatic amines is 1. The van der Waals surface area contributed by atoms with Crippen LogP contribution in [0.25, 0.3) is 22.1 Å². The Morgan fingerprint density at radius 3 is 2.55 bits per heavy atom. The fourth-order valence-electron chi connectivity index (χ4n) is 2.20. The number of hydrogen-bond donors (Lipinski definition) is 2. The van der Waals surface area contributed by atoms with Crippen LogP contribution < -0.4 is 5.43 Å². The van der Waals surface area contributed by atoms with Crippen LogP contribution in [-0.4, -0.2) is 26.2 Å². The number of aromatic nitrogens is 4. The first-order chi connectivity index (χ1) is 10.9. The fraction of sp³-hybridized carbons (Fsp3) is 0. The number of hydrogen-bond acceptors (Lipinski definition) is 5. The van der Waals surface area contributed by atoms with Crippen molar-refractivity contribution in [3.63, 3.8) is 0 Å². The van der Waals surface area contributed by atoms with Crippen molar-refractivity contribution in [2.24, 2.45) is 5.10 Å². The average molecular weight is 288 g/mol. The number of hydrazone groups is 1. The van der Waals surface area contributed by atoms with Crippen molar-refractivity contribution in [2.45, 2.75) is 0 Å². The monoisotopic (exact) mass is 288 g/mol. The van der Waals surface area contributed by atoms with E-state index in [1.807, 2.05) is 48.5 Å². The highest BCUT2D eigenvalue weighted by molar-refractivity contribution is 5.82. The highest BCUT2D eigenvalue weighted by Gasteiger charge is 2.00. The van der Waals surface area contributed by atoms with Crippen LogP contribution in [0.4, 0.5) is 5.95 Å². The Hall–Kier alpha value is -3.28. The van der Waals surface area contributed by atoms with Crippen LogP contribution in [-0.2, 0) is 0 Å². The number of imidazole rings is 1. The minimum Gasteiger partial charge on any atom is -0.323 e. The lowest BCUT2D eigenvalue weighted by Crippen LogP contribution is -1.95. The molecule has 2 aromatic carbocycles. The largest absolute Gasteiger partial charge is 0.323 e. The standard InChI is InChI=1S/C16H12N6/c1-2-6-13-12(5-1)17-9-11(19-13)10-18-22-16-20-14-7-3-4-8-15(14)21-16/h1-10H,(H2,20,21,22)/b18-10-. The number of para-hydroxylation sites is 4. The summed E-state index contributed by atoms with van der Waals surface area (Å²) in [5.41, 5.74) is 7.11. The molecule has 0 amide bonds. The molecule has 2 aromatic heterocycles. The first-order valence-electron chi connectivity index (χ1n) is 6.84. The second kappa shape index (κ2) is 5.25. The van der Waals surface area contributed by atoms with Crippen molar-refractivity contribution in [1.29, 1.82) is 0 Å². The van der Waals surface area contributed by atoms with Gasteiger partial charge in [0.2, 0.25) is 5.95 Å². The zero-order valence-electron chi connectivity index (χ0n) is 11.6. The third kappa shape index (κ3) is 2.37. The molecule has 0 aliphatic heterocycles. The molecule has 0 unspecified atom stereocenters. The molecule has 0 aliphatic carbocycles. The van der Waals surface area contributed by atoms with Crippen LogP contribution in [0.3, 0.4) is 0 Å². The van der Waals surface area contributed by atoms with Crippen molar-refractivity contribution >= 4 is 34.2 Å². The minimum absolute atomic E-state index is 0.589. The molecule has 0 saturated heterocycles. The van der Waals surface area contributed by atoms with Gasteiger partial charge in [0.25, 0.3) is 0 Å². The lowest BCUT2D eigenvalue weighted by atomic mass is 10.3. The summed E-state index contributed by atoms with van der Waals surface area (Å²) in [6.07, 6.45) is 3.30. The molecule has 0 spiro atoms. The summed E-state index contributed by atoms with van der Waals surface area (Å²) >= 11 is 0. The molecule has 6 heteroatoms. The molecule has 106 valence electrons. The molecule has 4 aromatic rings. The SMILES string of the molecule is C(=N/Nc1nc2ccccc2[nH]1)/c1cnc2ccccc2n1. The van der Waals surface area contributed by atoms with E-state index in [4.69, 9.17) is 0 Å². The smallest absolute Gasteiger partial charge is 0.222 e. The number of anilines is 1. The summed E-state index contributed by atoms with van der Waals surface area (Å²) in [6, 6.07) is 15.5. The van der Waals surface area contributed by atoms with Gasteiger partial charge >= 0.3 is 0 Å². The maximum atomic E-state index is 4.47. The number of rotatable bonds is 3. The van der Waals surface area contributed by atoms with Crippen LogP contribution in [0.2, 0.25) is 0 Å². The van der Waals surface area contributed by atoms with Gasteiger partial charge < -0.3 is 4.98 Å². The predicted octanol–water partition coefficient (Wildman–Crippen LogP) is 2.95. The van der Waals surface area contributed by atoms with Crippen LogP contribution in [0.15, 0.2) is 59.8 Å². The quantitative estimate of drug-likeness (QED) is 0.449. The average Bonchev–Trinajstić information content (AvgIpc) is 2.97. The Balaban J connectivity index is 1.55. The van der Waals surface area contributed by atoms with E-state index in [-0.39, 0.29) is 0 Å². The van der Waals surface area contributed by atoms with Crippen molar-refractivity contribution in [3.8, 4) is 0 Å². The Bertz CT molecular complexity index is 939. The Labute approximate surface area is 126 Å². The molecule has 2 heterocycles. The normalized spacial score (nSPS) is 11.5. The summed E-state index contributed by atoms with van der Waals surface area (Å²) in [5, 5.41) is 4.14. The highest BCUT2D eigenvalue weighted by atomic mass is 15.4. The molecule has 2 N–H and O–H groups in total. The van der Waals surface area contributed by atoms with Gasteiger partial charge in [-0.05, 0) is 24.3 Å². The van der Waals surface area contributed by atoms with Gasteiger partial charge in [0.05, 0.1) is 34.5 Å². The van der Waals surface area contributed by atoms with Crippen LogP contribution in [0.5, 0.6) is 0 Å². The lowest BCUT2D eigenvalue weighted by Gasteiger charge is -1.97. The Morgan fingerprint density at radius 2 is 1.68 bits per heavy atom. The highest BCUT2D eigenvalue weighted by Crippen LogP contribution is 2.13. The van der Waals surface area contributed by atoms with Gasteiger partial charge in [-0.1, -0.05) is 24.3 Å². The molecular formula is C16H12N6. The number of nitrogens with zero attached hydrogens (tertiary/aromatic N) is 4. The van der Waals surface area contributed by atoms with E-state index >= 15 is 0 Å². The third-order valence-electron chi connectivity index (χ3n) is 3.22. The van der Waals surface area contributed by atoms with Gasteiger partial charge in [-0.25, -0.2) is 15.4 Å². The minimum atomic E-state index is 0.589. The Kier molecular flexibility index (Phi) is 2.97. The van der Waals surface area contributed by atoms with E-state index in [1.165, 1.54) is 0 Å². The summed E-state index contributed by atoms with van der Waals surface area (Å²) in [7, 11) is 0. The van der Waals surface area contributed by atoms with Crippen LogP contribution >= 0.6 is 0 Å². The maximum Gasteiger partial charge on any atom is 0.222 e. The van der Waals surface area contributed by atoms with E-state index in [1.54, 1.807) is 12.4 Å². The molecule has 0 aliphatic rings. The molecule has 0 atom stereocenters. The van der Waals surface area contributed by atoms with Gasteiger partial charge in [0, 0.05) is 0 Å². The predicted molar refractivity (Wildman–Crippen MR) is 86.8 cm³/mol. The second-order valence-corrected chi connectivity index (χ2v) is 4.76. The van der Waals surface area contributed by atoms with Gasteiger partial charge in [-0.3, -0.25) is 4.98 Å². The van der Waals surface area contributed by atoms with Gasteiger partial charge in [0.15, 0.2) is 0 Å². The Morgan fingerprint density at radius 1 is 0.909 bits per heavy atom. The number of H-pyrrole nitrogens is 1. The van der Waals surface area contributed by atoms with Gasteiger partial charge in [-0.2, -0.15) is 5.10 Å². The number of benzene rings is 2. The first kappa shape index (κ1) is 12.5. The maximum absolute atomic E-state index is 4.47. The van der Waals surface area contributed by atoms with E-state index in [0.29, 0.717) is 11.6 Å². The van der Waals surface area contributed by atoms with Gasteiger partial charge in [0.1, 0.15) is 5.69 Å². The molecule has 4 rings (SSSR count). The summed E-state index contributed by atoms with van der Waals surface area (Å²) in [6.45, 7) is 0. The fourth-order valence-corrected chi connectivity index (χ4v) is 2.20.